The van der Waals surface area contributed by atoms with E-state index in [1.807, 2.05) is 0 Å². The fourth-order valence-corrected chi connectivity index (χ4v) is 0.759. The number of rotatable bonds is 3. The van der Waals surface area contributed by atoms with Crippen molar-refractivity contribution in [3.05, 3.63) is 0 Å². The summed E-state index contributed by atoms with van der Waals surface area (Å²) in [6.45, 7) is 2.21. The van der Waals surface area contributed by atoms with Crippen LogP contribution in [-0.2, 0) is 4.74 Å². The molecule has 0 aliphatic heterocycles. The zero-order chi connectivity index (χ0) is 9.99. The molecule has 2 atom stereocenters. The molecule has 2 unspecified atom stereocenters. The Hall–Kier alpha value is -0.290. The van der Waals surface area contributed by atoms with Crippen molar-refractivity contribution in [3.8, 4) is 0 Å². The second-order valence-corrected chi connectivity index (χ2v) is 3.02. The summed E-state index contributed by atoms with van der Waals surface area (Å²) in [5.41, 5.74) is -2.66. The lowest BCUT2D eigenvalue weighted by Gasteiger charge is -2.28. The Morgan fingerprint density at radius 1 is 1.42 bits per heavy atom. The van der Waals surface area contributed by atoms with Crippen LogP contribution < -0.4 is 0 Å². The lowest BCUT2D eigenvalue weighted by Crippen LogP contribution is -2.44. The van der Waals surface area contributed by atoms with Crippen LogP contribution in [0.2, 0.25) is 0 Å². The molecule has 0 fully saturated rings. The lowest BCUT2D eigenvalue weighted by atomic mass is 9.99. The van der Waals surface area contributed by atoms with Gasteiger partial charge < -0.3 is 9.84 Å². The Balaban J connectivity index is 4.22. The van der Waals surface area contributed by atoms with Gasteiger partial charge in [-0.1, -0.05) is 0 Å². The molecule has 0 aromatic carbocycles. The highest BCUT2D eigenvalue weighted by Crippen LogP contribution is 2.33. The van der Waals surface area contributed by atoms with Gasteiger partial charge in [-0.15, -0.1) is 0 Å². The van der Waals surface area contributed by atoms with Crippen molar-refractivity contribution in [1.29, 1.82) is 0 Å². The van der Waals surface area contributed by atoms with Crippen LogP contribution in [0.3, 0.4) is 0 Å². The van der Waals surface area contributed by atoms with Crippen molar-refractivity contribution in [2.75, 3.05) is 7.11 Å². The van der Waals surface area contributed by atoms with E-state index >= 15 is 0 Å². The van der Waals surface area contributed by atoms with E-state index in [-0.39, 0.29) is 0 Å². The number of hydrogen-bond donors (Lipinski definition) is 1. The Bertz CT molecular complexity index is 142. The number of aliphatic hydroxyl groups is 1. The summed E-state index contributed by atoms with van der Waals surface area (Å²) in [4.78, 5) is 0. The standard InChI is InChI=1S/C7H13F3O2/c1-5(12-3)4-6(2,11)7(8,9)10/h5,11H,4H2,1-3H3. The van der Waals surface area contributed by atoms with E-state index in [1.165, 1.54) is 14.0 Å². The van der Waals surface area contributed by atoms with Gasteiger partial charge in [0.1, 0.15) is 0 Å². The predicted molar refractivity (Wildman–Crippen MR) is 37.8 cm³/mol. The molecule has 2 nitrogen and oxygen atoms in total. The van der Waals surface area contributed by atoms with E-state index in [0.29, 0.717) is 0 Å². The van der Waals surface area contributed by atoms with Crippen molar-refractivity contribution in [2.45, 2.75) is 38.1 Å². The molecule has 0 heterocycles. The third-order valence-corrected chi connectivity index (χ3v) is 1.70. The van der Waals surface area contributed by atoms with Gasteiger partial charge in [-0.05, 0) is 13.8 Å². The zero-order valence-corrected chi connectivity index (χ0v) is 7.27. The van der Waals surface area contributed by atoms with Crippen LogP contribution in [0.5, 0.6) is 0 Å². The molecule has 0 radical (unpaired) electrons. The second kappa shape index (κ2) is 3.62. The van der Waals surface area contributed by atoms with Gasteiger partial charge in [0.2, 0.25) is 0 Å². The Kier molecular flexibility index (Phi) is 3.53. The molecule has 5 heteroatoms. The van der Waals surface area contributed by atoms with Gasteiger partial charge in [0.15, 0.2) is 5.60 Å². The highest BCUT2D eigenvalue weighted by atomic mass is 19.4. The first-order valence-electron chi connectivity index (χ1n) is 3.52. The average molecular weight is 186 g/mol. The fourth-order valence-electron chi connectivity index (χ4n) is 0.759. The highest BCUT2D eigenvalue weighted by Gasteiger charge is 2.50. The summed E-state index contributed by atoms with van der Waals surface area (Å²) < 4.78 is 40.7. The number of hydrogen-bond acceptors (Lipinski definition) is 2. The summed E-state index contributed by atoms with van der Waals surface area (Å²) >= 11 is 0. The van der Waals surface area contributed by atoms with Crippen LogP contribution in [-0.4, -0.2) is 30.1 Å². The van der Waals surface area contributed by atoms with E-state index in [1.54, 1.807) is 0 Å². The summed E-state index contributed by atoms with van der Waals surface area (Å²) in [5.74, 6) is 0. The van der Waals surface area contributed by atoms with Crippen LogP contribution in [0.25, 0.3) is 0 Å². The Morgan fingerprint density at radius 3 is 2.08 bits per heavy atom. The highest BCUT2D eigenvalue weighted by molar-refractivity contribution is 4.83. The molecule has 0 aliphatic carbocycles. The third-order valence-electron chi connectivity index (χ3n) is 1.70. The zero-order valence-electron chi connectivity index (χ0n) is 7.27. The molecule has 0 aromatic heterocycles. The fraction of sp³-hybridized carbons (Fsp3) is 1.00. The molecule has 0 saturated heterocycles. The van der Waals surface area contributed by atoms with Crippen molar-refractivity contribution < 1.29 is 23.0 Å². The number of halogens is 3. The van der Waals surface area contributed by atoms with Gasteiger partial charge in [0.05, 0.1) is 6.10 Å². The average Bonchev–Trinajstić information content (AvgIpc) is 1.84. The summed E-state index contributed by atoms with van der Waals surface area (Å²) in [6.07, 6.45) is -5.66. The smallest absolute Gasteiger partial charge is 0.382 e. The largest absolute Gasteiger partial charge is 0.416 e. The van der Waals surface area contributed by atoms with Gasteiger partial charge in [-0.25, -0.2) is 0 Å². The Morgan fingerprint density at radius 2 is 1.83 bits per heavy atom. The topological polar surface area (TPSA) is 29.5 Å². The van der Waals surface area contributed by atoms with Gasteiger partial charge >= 0.3 is 6.18 Å². The van der Waals surface area contributed by atoms with Crippen molar-refractivity contribution in [1.82, 2.24) is 0 Å². The third kappa shape index (κ3) is 2.98. The van der Waals surface area contributed by atoms with Crippen LogP contribution >= 0.6 is 0 Å². The monoisotopic (exact) mass is 186 g/mol. The molecule has 0 aromatic rings. The van der Waals surface area contributed by atoms with Gasteiger partial charge in [-0.3, -0.25) is 0 Å². The maximum absolute atomic E-state index is 12.0. The maximum atomic E-state index is 12.0. The van der Waals surface area contributed by atoms with Crippen LogP contribution in [0.1, 0.15) is 20.3 Å². The summed E-state index contributed by atoms with van der Waals surface area (Å²) in [5, 5.41) is 8.95. The minimum absolute atomic E-state index is 0.451. The quantitative estimate of drug-likeness (QED) is 0.727. The Labute approximate surface area is 69.3 Å². The van der Waals surface area contributed by atoms with E-state index in [4.69, 9.17) is 5.11 Å². The van der Waals surface area contributed by atoms with Gasteiger partial charge in [0, 0.05) is 13.5 Å². The molecule has 12 heavy (non-hydrogen) atoms. The van der Waals surface area contributed by atoms with Crippen molar-refractivity contribution in [2.24, 2.45) is 0 Å². The van der Waals surface area contributed by atoms with Gasteiger partial charge in [-0.2, -0.15) is 13.2 Å². The SMILES string of the molecule is COC(C)CC(C)(O)C(F)(F)F. The van der Waals surface area contributed by atoms with Crippen LogP contribution in [0, 0.1) is 0 Å². The molecule has 0 aliphatic rings. The minimum Gasteiger partial charge on any atom is -0.382 e. The minimum atomic E-state index is -4.60. The molecule has 1 N–H and O–H groups in total. The molecular weight excluding hydrogens is 173 g/mol. The van der Waals surface area contributed by atoms with Crippen molar-refractivity contribution in [3.63, 3.8) is 0 Å². The number of alkyl halides is 3. The number of ether oxygens (including phenoxy) is 1. The molecule has 0 bridgehead atoms. The molecule has 0 rings (SSSR count). The van der Waals surface area contributed by atoms with Crippen LogP contribution in [0.4, 0.5) is 13.2 Å². The molecule has 0 spiro atoms. The molecular formula is C7H13F3O2. The normalized spacial score (nSPS) is 20.2. The predicted octanol–water partition coefficient (Wildman–Crippen LogP) is 1.72. The van der Waals surface area contributed by atoms with Crippen molar-refractivity contribution >= 4 is 0 Å². The summed E-state index contributed by atoms with van der Waals surface area (Å²) in [6, 6.07) is 0. The van der Waals surface area contributed by atoms with Crippen LogP contribution in [0.15, 0.2) is 0 Å². The second-order valence-electron chi connectivity index (χ2n) is 3.02. The number of methoxy groups -OCH3 is 1. The molecule has 0 saturated carbocycles. The van der Waals surface area contributed by atoms with E-state index in [9.17, 15) is 13.2 Å². The molecule has 0 amide bonds. The van der Waals surface area contributed by atoms with E-state index in [2.05, 4.69) is 4.74 Å². The first-order chi connectivity index (χ1) is 5.20. The van der Waals surface area contributed by atoms with Gasteiger partial charge in [0.25, 0.3) is 0 Å². The maximum Gasteiger partial charge on any atom is 0.416 e. The molecule has 74 valence electrons. The first-order valence-corrected chi connectivity index (χ1v) is 3.52. The first kappa shape index (κ1) is 11.7. The van der Waals surface area contributed by atoms with E-state index < -0.39 is 24.3 Å². The van der Waals surface area contributed by atoms with E-state index in [0.717, 1.165) is 6.92 Å². The lowest BCUT2D eigenvalue weighted by molar-refractivity contribution is -0.261. The summed E-state index contributed by atoms with van der Waals surface area (Å²) in [7, 11) is 1.30.